The van der Waals surface area contributed by atoms with E-state index in [1.807, 2.05) is 0 Å². The van der Waals surface area contributed by atoms with Crippen molar-refractivity contribution in [2.75, 3.05) is 0 Å². The van der Waals surface area contributed by atoms with Crippen LogP contribution in [-0.4, -0.2) is 111 Å². The van der Waals surface area contributed by atoms with Crippen LogP contribution in [0, 0.1) is 0 Å². The summed E-state index contributed by atoms with van der Waals surface area (Å²) in [6, 6.07) is 9.18. The first-order valence-electron chi connectivity index (χ1n) is 18.8. The summed E-state index contributed by atoms with van der Waals surface area (Å²) in [4.78, 5) is 33.1. The first kappa shape index (κ1) is 49.0. The van der Waals surface area contributed by atoms with Crippen molar-refractivity contribution in [2.24, 2.45) is 35.4 Å². The summed E-state index contributed by atoms with van der Waals surface area (Å²) >= 11 is 0. The van der Waals surface area contributed by atoms with Crippen LogP contribution in [0.25, 0.3) is 16.7 Å². The van der Waals surface area contributed by atoms with Crippen LogP contribution < -0.4 is 10.2 Å². The molecule has 2 aromatic heterocycles. The molecule has 8 N–H and O–H groups in total. The van der Waals surface area contributed by atoms with E-state index >= 15 is 0 Å². The molecule has 0 aliphatic heterocycles. The number of nitrogens with one attached hydrogen (secondary N) is 1. The van der Waals surface area contributed by atoms with Crippen molar-refractivity contribution in [3.05, 3.63) is 127 Å². The van der Waals surface area contributed by atoms with Crippen molar-refractivity contribution < 1.29 is 71.8 Å². The molecule has 7 rings (SSSR count). The highest BCUT2D eigenvalue weighted by molar-refractivity contribution is 7.92. The monoisotopic (exact) mass is 1020 g/mol. The number of carbonyl (C=O) groups is 1. The molecule has 0 fully saturated rings. The number of hydrogen-bond donors (Lipinski definition) is 8. The maximum Gasteiger partial charge on any atom is 0.407 e. The summed E-state index contributed by atoms with van der Waals surface area (Å²) in [5.74, 6) is -1.93. The Labute approximate surface area is 388 Å². The predicted octanol–water partition coefficient (Wildman–Crippen LogP) is 4.45. The lowest BCUT2D eigenvalue weighted by molar-refractivity contribution is -0.604. The number of benzene rings is 3. The van der Waals surface area contributed by atoms with Gasteiger partial charge in [-0.15, -0.1) is 15.2 Å². The van der Waals surface area contributed by atoms with Crippen LogP contribution in [0.15, 0.2) is 166 Å². The largest absolute Gasteiger partial charge is 0.497 e. The number of aliphatic hydroxyl groups is 1. The molecule has 2 aliphatic carbocycles. The van der Waals surface area contributed by atoms with Gasteiger partial charge in [0, 0.05) is 12.3 Å². The van der Waals surface area contributed by atoms with Crippen LogP contribution in [0.4, 0.5) is 28.7 Å². The van der Waals surface area contributed by atoms with Gasteiger partial charge >= 0.3 is 17.9 Å². The van der Waals surface area contributed by atoms with Gasteiger partial charge in [-0.05, 0) is 114 Å². The number of H-pyrrole nitrogens is 1. The van der Waals surface area contributed by atoms with Gasteiger partial charge in [-0.25, -0.2) is 23.5 Å². The summed E-state index contributed by atoms with van der Waals surface area (Å²) in [6.45, 7) is 1.20. The topological polar surface area (TPSA) is 410 Å². The number of aromatic carboxylic acids is 1. The number of hydrogen-bond acceptors (Lipinski definition) is 17. The molecular weight excluding hydrogens is 991 g/mol. The Hall–Kier alpha value is -7.94. The second kappa shape index (κ2) is 19.0. The van der Waals surface area contributed by atoms with Crippen LogP contribution >= 0.6 is 0 Å². The number of rotatable bonds is 11. The number of nitrogens with zero attached hydrogens (tertiary/aromatic N) is 10. The van der Waals surface area contributed by atoms with Crippen molar-refractivity contribution in [2.45, 2.75) is 21.6 Å². The average Bonchev–Trinajstić information content (AvgIpc) is 3.26. The maximum absolute atomic E-state index is 12.5. The number of aromatic nitrogens is 4. The van der Waals surface area contributed by atoms with E-state index in [-0.39, 0.29) is 45.0 Å². The van der Waals surface area contributed by atoms with E-state index in [9.17, 15) is 67.2 Å². The molecule has 30 heteroatoms. The molecule has 0 unspecified atom stereocenters. The van der Waals surface area contributed by atoms with Crippen LogP contribution in [-0.2, 0) is 40.4 Å². The number of azo groups is 1. The fourth-order valence-electron chi connectivity index (χ4n) is 5.97. The first-order valence-corrected chi connectivity index (χ1v) is 24.5. The summed E-state index contributed by atoms with van der Waals surface area (Å²) in [5.41, 5.74) is -0.210. The smallest absolute Gasteiger partial charge is 0.407 e. The van der Waals surface area contributed by atoms with Crippen LogP contribution in [0.5, 0.6) is 0 Å². The SMILES string of the molecule is CC(O)=Nc1cc(N=c2nc(N=C3C=CC(=NN=C4C=CC(=S(=O)(O)O)C=C4)C=C3)nc(-[n+]3cccc(C(=O)O)c3)[nH]2)ccc1N=Nc1cc2c(S(=O)(=O)O)cc(S(=O)(=O)O)cc2cc1S(=O)(=O)O. The Morgan fingerprint density at radius 2 is 1.28 bits per heavy atom. The molecule has 0 bridgehead atoms. The van der Waals surface area contributed by atoms with E-state index in [2.05, 4.69) is 50.4 Å². The molecule has 2 heterocycles. The van der Waals surface area contributed by atoms with Crippen molar-refractivity contribution in [1.29, 1.82) is 0 Å². The Balaban J connectivity index is 1.28. The fourth-order valence-corrected chi connectivity index (χ4v) is 8.45. The number of aliphatic hydroxyl groups excluding tert-OH is 1. The third-order valence-electron chi connectivity index (χ3n) is 8.99. The second-order valence-electron chi connectivity index (χ2n) is 14.0. The minimum Gasteiger partial charge on any atom is -0.497 e. The number of aromatic amines is 1. The lowest BCUT2D eigenvalue weighted by Gasteiger charge is -2.10. The van der Waals surface area contributed by atoms with E-state index in [0.29, 0.717) is 35.3 Å². The van der Waals surface area contributed by atoms with Gasteiger partial charge in [0.15, 0.2) is 5.90 Å². The zero-order valence-corrected chi connectivity index (χ0v) is 37.7. The highest BCUT2D eigenvalue weighted by Crippen LogP contribution is 2.38. The molecule has 2 aliphatic rings. The van der Waals surface area contributed by atoms with E-state index < -0.39 is 83.5 Å². The van der Waals surface area contributed by atoms with Crippen LogP contribution in [0.3, 0.4) is 0 Å². The molecule has 0 radical (unpaired) electrons. The minimum atomic E-state index is -5.23. The lowest BCUT2D eigenvalue weighted by atomic mass is 10.1. The van der Waals surface area contributed by atoms with E-state index in [0.717, 1.165) is 6.07 Å². The molecule has 0 atom stereocenters. The number of pyridine rings is 1. The molecule has 69 heavy (non-hydrogen) atoms. The molecule has 5 aromatic rings. The minimum absolute atomic E-state index is 0.00786. The van der Waals surface area contributed by atoms with Gasteiger partial charge < -0.3 is 10.2 Å². The number of carboxylic acids is 1. The van der Waals surface area contributed by atoms with E-state index in [1.165, 1.54) is 78.5 Å². The van der Waals surface area contributed by atoms with Gasteiger partial charge in [0.25, 0.3) is 36.0 Å². The van der Waals surface area contributed by atoms with Gasteiger partial charge in [0.05, 0.1) is 56.2 Å². The number of allylic oxidation sites excluding steroid dienone is 8. The average molecular weight is 1020 g/mol. The zero-order valence-electron chi connectivity index (χ0n) is 34.5. The van der Waals surface area contributed by atoms with Crippen molar-refractivity contribution in [3.63, 3.8) is 0 Å². The molecule has 0 saturated heterocycles. The quantitative estimate of drug-likeness (QED) is 0.0132. The van der Waals surface area contributed by atoms with Gasteiger partial charge in [-0.1, -0.05) is 0 Å². The predicted molar refractivity (Wildman–Crippen MR) is 246 cm³/mol. The van der Waals surface area contributed by atoms with Gasteiger partial charge in [0.1, 0.15) is 21.2 Å². The van der Waals surface area contributed by atoms with Gasteiger partial charge in [-0.3, -0.25) is 22.8 Å². The summed E-state index contributed by atoms with van der Waals surface area (Å²) in [5, 5.41) is 34.9. The number of fused-ring (bicyclic) bond motifs is 1. The molecule has 26 nitrogen and oxygen atoms in total. The summed E-state index contributed by atoms with van der Waals surface area (Å²) in [6.07, 6.45) is 14.2. The second-order valence-corrected chi connectivity index (χ2v) is 19.6. The third kappa shape index (κ3) is 12.2. The Morgan fingerprint density at radius 1 is 0.652 bits per heavy atom. The Kier molecular flexibility index (Phi) is 13.5. The number of carboxylic acid groups (broad SMARTS) is 1. The normalized spacial score (nSPS) is 14.9. The summed E-state index contributed by atoms with van der Waals surface area (Å²) in [7, 11) is -19.7. The maximum atomic E-state index is 12.5. The molecule has 0 saturated carbocycles. The molecular formula is C39H30N11O15S4+. The van der Waals surface area contributed by atoms with E-state index in [1.54, 1.807) is 24.3 Å². The van der Waals surface area contributed by atoms with E-state index in [4.69, 9.17) is 0 Å². The first-order chi connectivity index (χ1) is 32.3. The fraction of sp³-hybridized carbons (Fsp3) is 0.0256. The van der Waals surface area contributed by atoms with Gasteiger partial charge in [0.2, 0.25) is 10.1 Å². The Morgan fingerprint density at radius 3 is 1.87 bits per heavy atom. The van der Waals surface area contributed by atoms with Crippen molar-refractivity contribution >= 4 is 114 Å². The summed E-state index contributed by atoms with van der Waals surface area (Å²) < 4.78 is 134. The van der Waals surface area contributed by atoms with Crippen molar-refractivity contribution in [3.8, 4) is 5.95 Å². The molecule has 3 aromatic carbocycles. The molecule has 0 spiro atoms. The molecule has 354 valence electrons. The van der Waals surface area contributed by atoms with Crippen molar-refractivity contribution in [1.82, 2.24) is 15.0 Å². The standard InChI is InChI=1S/C39H29N11O15S4/c1-21(51)40-32-17-27(10-13-31(32)48-49-33-19-30-23(16-35(33)69(63,64)65)15-29(67(57,58)59)18-34(30)68(60,61)62)42-38-43-37(44-39(45-38)50-14-2-3-22(20-50)36(52)53)41-24-4-6-25(7-5-24)46-47-26-8-11-28(12-9-26)66(54,55)56/h2-20H,1H3,(H7-,40,41,42,43,44,45,47,49,51,52,53,54,55,56,57,58,59,60,61,62,63,64,65)/p+1. The third-order valence-corrected chi connectivity index (χ3v) is 12.5. The zero-order chi connectivity index (χ0) is 50.1. The number of aliphatic imine (C=N–C) groups is 2. The van der Waals surface area contributed by atoms with Crippen LogP contribution in [0.1, 0.15) is 17.3 Å². The lowest BCUT2D eigenvalue weighted by Crippen LogP contribution is -2.36. The highest BCUT2D eigenvalue weighted by Gasteiger charge is 2.25. The molecule has 0 amide bonds. The van der Waals surface area contributed by atoms with Gasteiger partial charge in [-0.2, -0.15) is 45.4 Å². The Bertz CT molecular complexity index is 3850. The highest BCUT2D eigenvalue weighted by atomic mass is 32.2. The van der Waals surface area contributed by atoms with Crippen LogP contribution in [0.2, 0.25) is 0 Å².